The van der Waals surface area contributed by atoms with Gasteiger partial charge in [-0.25, -0.2) is 19.3 Å². The Morgan fingerprint density at radius 2 is 1.49 bits per heavy atom. The number of rotatable bonds is 2. The quantitative estimate of drug-likeness (QED) is 0.495. The summed E-state index contributed by atoms with van der Waals surface area (Å²) in [6.45, 7) is 9.82. The summed E-state index contributed by atoms with van der Waals surface area (Å²) in [6.07, 6.45) is -0.391. The van der Waals surface area contributed by atoms with Crippen molar-refractivity contribution in [1.82, 2.24) is 14.8 Å². The highest BCUT2D eigenvalue weighted by Gasteiger charge is 2.53. The first-order valence-electron chi connectivity index (χ1n) is 11.4. The number of nitrogens with zero attached hydrogens (tertiary/aromatic N) is 2. The average molecular weight is 480 g/mol. The SMILES string of the molecule is CC(C)(C)OC(=O)N1C(=O)C(Cc2c[nH]c3cc4ccccc4cc23)N(C(=O)OC(C)(C)C)C1=O. The molecule has 3 aromatic rings. The highest BCUT2D eigenvalue weighted by atomic mass is 16.6. The van der Waals surface area contributed by atoms with Gasteiger partial charge in [0.25, 0.3) is 5.91 Å². The van der Waals surface area contributed by atoms with Crippen LogP contribution in [0.25, 0.3) is 21.7 Å². The molecule has 0 spiro atoms. The Balaban J connectivity index is 1.73. The first-order chi connectivity index (χ1) is 16.2. The van der Waals surface area contributed by atoms with Gasteiger partial charge in [-0.2, -0.15) is 4.90 Å². The molecule has 1 atom stereocenters. The summed E-state index contributed by atoms with van der Waals surface area (Å²) in [5.74, 6) is -0.842. The summed E-state index contributed by atoms with van der Waals surface area (Å²) in [5, 5.41) is 2.91. The van der Waals surface area contributed by atoms with Crippen molar-refractivity contribution in [2.75, 3.05) is 0 Å². The minimum atomic E-state index is -1.27. The molecule has 1 N–H and O–H groups in total. The number of hydrogen-bond donors (Lipinski definition) is 1. The van der Waals surface area contributed by atoms with E-state index < -0.39 is 41.4 Å². The highest BCUT2D eigenvalue weighted by Crippen LogP contribution is 2.30. The topological polar surface area (TPSA) is 109 Å². The molecule has 5 amide bonds. The summed E-state index contributed by atoms with van der Waals surface area (Å²) >= 11 is 0. The standard InChI is InChI=1S/C26H29N3O6/c1-25(2,3)34-23(32)28-20(21(30)29(22(28)31)24(33)35-26(4,5)6)13-17-14-27-19-12-16-10-8-7-9-15(16)11-18(17)19/h7-12,14,20,27H,13H2,1-6H3. The van der Waals surface area contributed by atoms with Crippen LogP contribution in [-0.4, -0.2) is 56.2 Å². The van der Waals surface area contributed by atoms with Crippen LogP contribution in [0.2, 0.25) is 0 Å². The predicted octanol–water partition coefficient (Wildman–Crippen LogP) is 5.37. The fourth-order valence-electron chi connectivity index (χ4n) is 4.01. The molecule has 9 heteroatoms. The lowest BCUT2D eigenvalue weighted by Crippen LogP contribution is -2.45. The van der Waals surface area contributed by atoms with Gasteiger partial charge in [0.2, 0.25) is 0 Å². The zero-order chi connectivity index (χ0) is 25.7. The first kappa shape index (κ1) is 24.3. The lowest BCUT2D eigenvalue weighted by molar-refractivity contribution is -0.127. The third kappa shape index (κ3) is 4.84. The number of carbonyl (C=O) groups excluding carboxylic acids is 4. The molecule has 35 heavy (non-hydrogen) atoms. The van der Waals surface area contributed by atoms with Crippen LogP contribution < -0.4 is 0 Å². The predicted molar refractivity (Wildman–Crippen MR) is 130 cm³/mol. The molecule has 0 bridgehead atoms. The Kier molecular flexibility index (Phi) is 5.82. The largest absolute Gasteiger partial charge is 0.443 e. The number of benzene rings is 2. The van der Waals surface area contributed by atoms with Crippen LogP contribution >= 0.6 is 0 Å². The molecular formula is C26H29N3O6. The molecule has 184 valence electrons. The second kappa shape index (κ2) is 8.41. The van der Waals surface area contributed by atoms with Gasteiger partial charge in [-0.3, -0.25) is 4.79 Å². The van der Waals surface area contributed by atoms with E-state index >= 15 is 0 Å². The molecule has 2 heterocycles. The van der Waals surface area contributed by atoms with E-state index in [0.717, 1.165) is 27.2 Å². The monoisotopic (exact) mass is 479 g/mol. The van der Waals surface area contributed by atoms with Crippen LogP contribution in [0.4, 0.5) is 14.4 Å². The van der Waals surface area contributed by atoms with Crippen LogP contribution in [0, 0.1) is 0 Å². The Hall–Kier alpha value is -3.88. The molecule has 1 aromatic heterocycles. The van der Waals surface area contributed by atoms with Gasteiger partial charge in [-0.15, -0.1) is 0 Å². The second-order valence-corrected chi connectivity index (χ2v) is 10.6. The third-order valence-corrected chi connectivity index (χ3v) is 5.43. The summed E-state index contributed by atoms with van der Waals surface area (Å²) in [5.41, 5.74) is -0.284. The van der Waals surface area contributed by atoms with Crippen molar-refractivity contribution in [2.24, 2.45) is 0 Å². The molecule has 1 saturated heterocycles. The molecule has 4 rings (SSSR count). The highest BCUT2D eigenvalue weighted by molar-refractivity contribution is 6.19. The molecule has 0 radical (unpaired) electrons. The van der Waals surface area contributed by atoms with E-state index in [-0.39, 0.29) is 6.42 Å². The van der Waals surface area contributed by atoms with Gasteiger partial charge in [-0.1, -0.05) is 24.3 Å². The Labute approximate surface area is 203 Å². The Bertz CT molecular complexity index is 1340. The number of aromatic nitrogens is 1. The number of imide groups is 4. The molecule has 1 fully saturated rings. The van der Waals surface area contributed by atoms with E-state index in [1.54, 1.807) is 47.7 Å². The molecule has 9 nitrogen and oxygen atoms in total. The van der Waals surface area contributed by atoms with Crippen molar-refractivity contribution in [3.05, 3.63) is 48.2 Å². The smallest absolute Gasteiger partial charge is 0.425 e. The van der Waals surface area contributed by atoms with E-state index in [1.165, 1.54) is 0 Å². The molecule has 0 aliphatic carbocycles. The second-order valence-electron chi connectivity index (χ2n) is 10.6. The number of amides is 5. The molecule has 0 saturated carbocycles. The van der Waals surface area contributed by atoms with Gasteiger partial charge in [0.1, 0.15) is 17.2 Å². The van der Waals surface area contributed by atoms with Gasteiger partial charge in [-0.05, 0) is 70.0 Å². The summed E-state index contributed by atoms with van der Waals surface area (Å²) in [4.78, 5) is 56.5. The maximum atomic E-state index is 13.3. The molecule has 1 aliphatic rings. The van der Waals surface area contributed by atoms with Gasteiger partial charge < -0.3 is 14.5 Å². The Morgan fingerprint density at radius 3 is 2.09 bits per heavy atom. The van der Waals surface area contributed by atoms with Gasteiger partial charge >= 0.3 is 18.2 Å². The number of urea groups is 1. The zero-order valence-electron chi connectivity index (χ0n) is 20.7. The number of ether oxygens (including phenoxy) is 2. The van der Waals surface area contributed by atoms with Crippen LogP contribution in [0.3, 0.4) is 0 Å². The van der Waals surface area contributed by atoms with E-state index in [2.05, 4.69) is 4.98 Å². The van der Waals surface area contributed by atoms with Crippen molar-refractivity contribution in [3.8, 4) is 0 Å². The minimum Gasteiger partial charge on any atom is -0.443 e. The maximum absolute atomic E-state index is 13.3. The molecule has 1 unspecified atom stereocenters. The minimum absolute atomic E-state index is 0.00144. The van der Waals surface area contributed by atoms with Crippen molar-refractivity contribution < 1.29 is 28.7 Å². The molecule has 2 aromatic carbocycles. The van der Waals surface area contributed by atoms with Crippen molar-refractivity contribution in [2.45, 2.75) is 65.2 Å². The van der Waals surface area contributed by atoms with E-state index in [1.807, 2.05) is 36.4 Å². The van der Waals surface area contributed by atoms with Crippen LogP contribution in [0.5, 0.6) is 0 Å². The number of hydrogen-bond acceptors (Lipinski definition) is 6. The summed E-state index contributed by atoms with van der Waals surface area (Å²) in [7, 11) is 0. The van der Waals surface area contributed by atoms with Crippen molar-refractivity contribution >= 4 is 45.8 Å². The maximum Gasteiger partial charge on any atom is 0.425 e. The van der Waals surface area contributed by atoms with Crippen LogP contribution in [0.15, 0.2) is 42.6 Å². The normalized spacial score (nSPS) is 16.9. The molecule has 1 aliphatic heterocycles. The Morgan fingerprint density at radius 1 is 0.914 bits per heavy atom. The zero-order valence-corrected chi connectivity index (χ0v) is 20.7. The number of carbonyl (C=O) groups is 4. The number of fused-ring (bicyclic) bond motifs is 2. The molecular weight excluding hydrogens is 450 g/mol. The van der Waals surface area contributed by atoms with Crippen LogP contribution in [-0.2, 0) is 20.7 Å². The lowest BCUT2D eigenvalue weighted by Gasteiger charge is -2.25. The fourth-order valence-corrected chi connectivity index (χ4v) is 4.01. The van der Waals surface area contributed by atoms with E-state index in [9.17, 15) is 19.2 Å². The van der Waals surface area contributed by atoms with Gasteiger partial charge in [0, 0.05) is 23.5 Å². The first-order valence-corrected chi connectivity index (χ1v) is 11.4. The van der Waals surface area contributed by atoms with Crippen LogP contribution in [0.1, 0.15) is 47.1 Å². The van der Waals surface area contributed by atoms with Gasteiger partial charge in [0.15, 0.2) is 0 Å². The lowest BCUT2D eigenvalue weighted by atomic mass is 10.0. The third-order valence-electron chi connectivity index (χ3n) is 5.43. The number of nitrogens with one attached hydrogen (secondary N) is 1. The van der Waals surface area contributed by atoms with Crippen molar-refractivity contribution in [1.29, 1.82) is 0 Å². The fraction of sp³-hybridized carbons (Fsp3) is 0.385. The average Bonchev–Trinajstić information content (AvgIpc) is 3.21. The summed E-state index contributed by atoms with van der Waals surface area (Å²) < 4.78 is 10.6. The van der Waals surface area contributed by atoms with E-state index in [0.29, 0.717) is 9.80 Å². The number of aromatic amines is 1. The van der Waals surface area contributed by atoms with Gasteiger partial charge in [0.05, 0.1) is 0 Å². The number of H-pyrrole nitrogens is 1. The van der Waals surface area contributed by atoms with E-state index in [4.69, 9.17) is 9.47 Å². The summed E-state index contributed by atoms with van der Waals surface area (Å²) in [6, 6.07) is 9.48. The van der Waals surface area contributed by atoms with Crippen molar-refractivity contribution in [3.63, 3.8) is 0 Å².